The third-order valence-electron chi connectivity index (χ3n) is 9.56. The van der Waals surface area contributed by atoms with Crippen LogP contribution in [0.3, 0.4) is 0 Å². The molecule has 1 aliphatic heterocycles. The lowest BCUT2D eigenvalue weighted by atomic mass is 9.67. The zero-order chi connectivity index (χ0) is 28.7. The lowest BCUT2D eigenvalue weighted by Gasteiger charge is -2.37. The van der Waals surface area contributed by atoms with Crippen LogP contribution in [0.25, 0.3) is 0 Å². The normalized spacial score (nSPS) is 22.0. The number of fused-ring (bicyclic) bond motifs is 2. The Morgan fingerprint density at radius 2 is 1.76 bits per heavy atom. The second-order valence-corrected chi connectivity index (χ2v) is 12.3. The average molecular weight is 563 g/mol. The van der Waals surface area contributed by atoms with E-state index in [1.807, 2.05) is 30.1 Å². The maximum atomic E-state index is 12.7. The van der Waals surface area contributed by atoms with Crippen molar-refractivity contribution in [1.29, 1.82) is 0 Å². The zero-order valence-corrected chi connectivity index (χ0v) is 24.6. The first kappa shape index (κ1) is 29.4. The number of ether oxygens (including phenoxy) is 2. The molecule has 0 unspecified atom stereocenters. The number of hydrogen-bond donors (Lipinski definition) is 1. The molecule has 1 heterocycles. The fourth-order valence-electron chi connectivity index (χ4n) is 6.92. The van der Waals surface area contributed by atoms with Crippen molar-refractivity contribution in [2.24, 2.45) is 5.92 Å². The predicted octanol–water partition coefficient (Wildman–Crippen LogP) is 5.48. The summed E-state index contributed by atoms with van der Waals surface area (Å²) in [6.07, 6.45) is 10.1. The number of rotatable bonds is 13. The van der Waals surface area contributed by atoms with Crippen LogP contribution in [0.4, 0.5) is 0 Å². The third kappa shape index (κ3) is 7.62. The van der Waals surface area contributed by atoms with Crippen molar-refractivity contribution < 1.29 is 24.2 Å². The molecule has 7 heteroatoms. The van der Waals surface area contributed by atoms with Gasteiger partial charge in [-0.25, -0.2) is 0 Å². The molecule has 2 fully saturated rings. The molecule has 2 aromatic carbocycles. The highest BCUT2D eigenvalue weighted by molar-refractivity contribution is 5.75. The summed E-state index contributed by atoms with van der Waals surface area (Å²) in [5.74, 6) is 1.04. The van der Waals surface area contributed by atoms with Gasteiger partial charge in [-0.15, -0.1) is 0 Å². The van der Waals surface area contributed by atoms with E-state index in [0.29, 0.717) is 32.6 Å². The summed E-state index contributed by atoms with van der Waals surface area (Å²) in [4.78, 5) is 28.4. The summed E-state index contributed by atoms with van der Waals surface area (Å²) in [6, 6.07) is 14.6. The number of likely N-dealkylation sites (N-methyl/N-ethyl adjacent to an activating group) is 1. The quantitative estimate of drug-likeness (QED) is 0.326. The number of carbonyl (C=O) groups excluding carboxylic acids is 1. The average Bonchev–Trinajstić information content (AvgIpc) is 3.63. The van der Waals surface area contributed by atoms with Crippen LogP contribution < -0.4 is 9.47 Å². The van der Waals surface area contributed by atoms with Crippen molar-refractivity contribution in [3.8, 4) is 11.5 Å². The molecule has 0 aromatic heterocycles. The number of hydrogen-bond acceptors (Lipinski definition) is 5. The molecule has 222 valence electrons. The lowest BCUT2D eigenvalue weighted by Crippen LogP contribution is -2.32. The summed E-state index contributed by atoms with van der Waals surface area (Å²) in [5.41, 5.74) is 4.02. The fourth-order valence-corrected chi connectivity index (χ4v) is 6.92. The van der Waals surface area contributed by atoms with Crippen LogP contribution in [0.1, 0.15) is 74.5 Å². The Hall–Kier alpha value is -3.06. The highest BCUT2D eigenvalue weighted by atomic mass is 16.5. The van der Waals surface area contributed by atoms with Gasteiger partial charge in [0.15, 0.2) is 0 Å². The fraction of sp³-hybridized carbons (Fsp3) is 0.588. The van der Waals surface area contributed by atoms with Crippen LogP contribution in [-0.2, 0) is 27.8 Å². The number of nitrogens with zero attached hydrogens (tertiary/aromatic N) is 2. The molecule has 0 radical (unpaired) electrons. The molecular formula is C34H46N2O5. The van der Waals surface area contributed by atoms with Crippen molar-refractivity contribution in [2.75, 3.05) is 46.4 Å². The van der Waals surface area contributed by atoms with Crippen LogP contribution in [0.15, 0.2) is 42.5 Å². The molecule has 1 amide bonds. The minimum atomic E-state index is -0.655. The summed E-state index contributed by atoms with van der Waals surface area (Å²) < 4.78 is 12.1. The summed E-state index contributed by atoms with van der Waals surface area (Å²) in [6.45, 7) is 5.23. The number of carboxylic acid groups (broad SMARTS) is 1. The van der Waals surface area contributed by atoms with Crippen molar-refractivity contribution in [3.05, 3.63) is 59.2 Å². The molecule has 0 atom stereocenters. The molecule has 1 spiro atoms. The van der Waals surface area contributed by atoms with Gasteiger partial charge in [0.2, 0.25) is 5.91 Å². The van der Waals surface area contributed by atoms with E-state index in [2.05, 4.69) is 29.2 Å². The molecule has 3 aliphatic rings. The summed E-state index contributed by atoms with van der Waals surface area (Å²) >= 11 is 0. The molecule has 1 N–H and O–H groups in total. The lowest BCUT2D eigenvalue weighted by molar-refractivity contribution is -0.143. The van der Waals surface area contributed by atoms with Gasteiger partial charge in [-0.1, -0.05) is 18.2 Å². The van der Waals surface area contributed by atoms with Crippen LogP contribution in [0.5, 0.6) is 11.5 Å². The maximum Gasteiger partial charge on any atom is 0.306 e. The molecule has 41 heavy (non-hydrogen) atoms. The summed E-state index contributed by atoms with van der Waals surface area (Å²) in [7, 11) is 1.87. The number of carboxylic acids is 1. The summed E-state index contributed by atoms with van der Waals surface area (Å²) in [5, 5.41) is 9.40. The molecular weight excluding hydrogens is 516 g/mol. The maximum absolute atomic E-state index is 12.7. The Labute approximate surface area is 244 Å². The molecule has 2 aliphatic carbocycles. The predicted molar refractivity (Wildman–Crippen MR) is 160 cm³/mol. The second-order valence-electron chi connectivity index (χ2n) is 12.3. The minimum absolute atomic E-state index is 0.110. The monoisotopic (exact) mass is 562 g/mol. The van der Waals surface area contributed by atoms with Crippen LogP contribution >= 0.6 is 0 Å². The van der Waals surface area contributed by atoms with E-state index >= 15 is 0 Å². The molecule has 5 rings (SSSR count). The number of carbonyl (C=O) groups is 2. The Kier molecular flexibility index (Phi) is 9.86. The Bertz CT molecular complexity index is 1180. The van der Waals surface area contributed by atoms with Gasteiger partial charge < -0.3 is 19.5 Å². The van der Waals surface area contributed by atoms with Gasteiger partial charge in [0, 0.05) is 26.6 Å². The first-order valence-electron chi connectivity index (χ1n) is 15.6. The topological polar surface area (TPSA) is 79.3 Å². The third-order valence-corrected chi connectivity index (χ3v) is 9.56. The SMILES string of the molecule is CN(CCc1cccc(OCCN2CCCC2)c1)C(=O)CCCOc1ccc2c(c1)C1(CC2)CCC(C(=O)O)CC1. The Balaban J connectivity index is 1.02. The van der Waals surface area contributed by atoms with E-state index in [-0.39, 0.29) is 17.2 Å². The first-order chi connectivity index (χ1) is 19.9. The second kappa shape index (κ2) is 13.7. The van der Waals surface area contributed by atoms with Crippen molar-refractivity contribution in [3.63, 3.8) is 0 Å². The van der Waals surface area contributed by atoms with Crippen molar-refractivity contribution in [2.45, 2.75) is 76.0 Å². The van der Waals surface area contributed by atoms with Gasteiger partial charge in [0.05, 0.1) is 12.5 Å². The van der Waals surface area contributed by atoms with Gasteiger partial charge in [0.25, 0.3) is 0 Å². The van der Waals surface area contributed by atoms with Gasteiger partial charge >= 0.3 is 5.97 Å². The highest BCUT2D eigenvalue weighted by Gasteiger charge is 2.43. The standard InChI is InChI=1S/C34H46N2O5/c1-35(20-14-26-6-4-7-29(24-26)41-23-21-36-18-2-3-19-36)32(37)8-5-22-40-30-10-9-27-11-15-34(31(27)25-30)16-12-28(13-17-34)33(38)39/h4,6-7,9-10,24-25,28H,2-3,5,8,11-23H2,1H3,(H,38,39). The van der Waals surface area contributed by atoms with E-state index in [9.17, 15) is 14.7 Å². The van der Waals surface area contributed by atoms with Crippen molar-refractivity contribution in [1.82, 2.24) is 9.80 Å². The molecule has 1 saturated carbocycles. The van der Waals surface area contributed by atoms with Gasteiger partial charge in [-0.3, -0.25) is 14.5 Å². The number of likely N-dealkylation sites (tertiary alicyclic amines) is 1. The van der Waals surface area contributed by atoms with E-state index in [1.165, 1.54) is 42.6 Å². The number of benzene rings is 2. The van der Waals surface area contributed by atoms with Crippen molar-refractivity contribution >= 4 is 11.9 Å². The van der Waals surface area contributed by atoms with Gasteiger partial charge in [-0.05, 0) is 124 Å². The largest absolute Gasteiger partial charge is 0.494 e. The number of aliphatic carboxylic acids is 1. The number of amides is 1. The smallest absolute Gasteiger partial charge is 0.306 e. The zero-order valence-electron chi connectivity index (χ0n) is 24.6. The Morgan fingerprint density at radius 1 is 1.00 bits per heavy atom. The highest BCUT2D eigenvalue weighted by Crippen LogP contribution is 2.50. The van der Waals surface area contributed by atoms with E-state index in [0.717, 1.165) is 63.0 Å². The first-order valence-corrected chi connectivity index (χ1v) is 15.6. The molecule has 7 nitrogen and oxygen atoms in total. The Morgan fingerprint density at radius 3 is 2.54 bits per heavy atom. The van der Waals surface area contributed by atoms with E-state index in [4.69, 9.17) is 9.47 Å². The van der Waals surface area contributed by atoms with E-state index in [1.54, 1.807) is 0 Å². The van der Waals surface area contributed by atoms with Crippen LogP contribution in [0.2, 0.25) is 0 Å². The molecule has 2 aromatic rings. The minimum Gasteiger partial charge on any atom is -0.494 e. The van der Waals surface area contributed by atoms with Crippen LogP contribution in [-0.4, -0.2) is 73.2 Å². The number of aryl methyl sites for hydroxylation is 1. The molecule has 1 saturated heterocycles. The molecule has 0 bridgehead atoms. The van der Waals surface area contributed by atoms with E-state index < -0.39 is 5.97 Å². The van der Waals surface area contributed by atoms with Crippen LogP contribution in [0, 0.1) is 5.92 Å². The van der Waals surface area contributed by atoms with Gasteiger partial charge in [0.1, 0.15) is 18.1 Å². The van der Waals surface area contributed by atoms with Gasteiger partial charge in [-0.2, -0.15) is 0 Å².